The molecule has 20 heavy (non-hydrogen) atoms. The van der Waals surface area contributed by atoms with Gasteiger partial charge < -0.3 is 5.32 Å². The average Bonchev–Trinajstić information content (AvgIpc) is 3.22. The molecule has 3 rings (SSSR count). The first-order valence-electron chi connectivity index (χ1n) is 8.07. The van der Waals surface area contributed by atoms with E-state index in [9.17, 15) is 9.59 Å². The minimum absolute atomic E-state index is 0.158. The number of rotatable bonds is 3. The zero-order valence-corrected chi connectivity index (χ0v) is 12.1. The standard InChI is InChI=1S/C15H25N3O2/c19-14(17-15(20)16-12-7-8-12)10-18-9-3-5-11-4-1-2-6-13(11)18/h11-13H,1-10H2,(H2,16,17,19,20)/t11-,13+/m1/s1. The van der Waals surface area contributed by atoms with Crippen molar-refractivity contribution in [2.75, 3.05) is 13.1 Å². The number of nitrogens with one attached hydrogen (secondary N) is 2. The van der Waals surface area contributed by atoms with E-state index < -0.39 is 0 Å². The molecule has 0 aromatic carbocycles. The first kappa shape index (κ1) is 13.9. The minimum Gasteiger partial charge on any atom is -0.335 e. The first-order valence-corrected chi connectivity index (χ1v) is 8.07. The normalized spacial score (nSPS) is 30.4. The van der Waals surface area contributed by atoms with Crippen molar-refractivity contribution < 1.29 is 9.59 Å². The van der Waals surface area contributed by atoms with Gasteiger partial charge in [0.15, 0.2) is 0 Å². The molecule has 0 bridgehead atoms. The molecule has 0 spiro atoms. The first-order chi connectivity index (χ1) is 9.72. The number of carbonyl (C=O) groups is 2. The Hall–Kier alpha value is -1.10. The highest BCUT2D eigenvalue weighted by atomic mass is 16.2. The molecule has 2 N–H and O–H groups in total. The molecule has 3 amide bonds. The van der Waals surface area contributed by atoms with Gasteiger partial charge in [0.05, 0.1) is 6.54 Å². The van der Waals surface area contributed by atoms with Crippen LogP contribution < -0.4 is 10.6 Å². The largest absolute Gasteiger partial charge is 0.335 e. The lowest BCUT2D eigenvalue weighted by atomic mass is 9.78. The van der Waals surface area contributed by atoms with Crippen molar-refractivity contribution in [3.8, 4) is 0 Å². The Labute approximate surface area is 120 Å². The summed E-state index contributed by atoms with van der Waals surface area (Å²) in [6, 6.07) is 0.532. The van der Waals surface area contributed by atoms with Gasteiger partial charge >= 0.3 is 6.03 Å². The molecule has 3 fully saturated rings. The highest BCUT2D eigenvalue weighted by Gasteiger charge is 2.34. The van der Waals surface area contributed by atoms with Crippen molar-refractivity contribution in [2.24, 2.45) is 5.92 Å². The van der Waals surface area contributed by atoms with Gasteiger partial charge in [-0.05, 0) is 51.0 Å². The molecule has 0 aromatic heterocycles. The number of carbonyl (C=O) groups excluding carboxylic acids is 2. The fourth-order valence-corrected chi connectivity index (χ4v) is 3.72. The second-order valence-electron chi connectivity index (χ2n) is 6.52. The Bertz CT molecular complexity index is 379. The van der Waals surface area contributed by atoms with E-state index in [2.05, 4.69) is 15.5 Å². The molecule has 3 aliphatic rings. The second-order valence-corrected chi connectivity index (χ2v) is 6.52. The summed E-state index contributed by atoms with van der Waals surface area (Å²) in [4.78, 5) is 25.8. The molecule has 2 aliphatic carbocycles. The van der Waals surface area contributed by atoms with Crippen LogP contribution in [0.1, 0.15) is 51.4 Å². The monoisotopic (exact) mass is 279 g/mol. The highest BCUT2D eigenvalue weighted by molar-refractivity contribution is 5.95. The van der Waals surface area contributed by atoms with Gasteiger partial charge in [0.25, 0.3) is 0 Å². The zero-order chi connectivity index (χ0) is 13.9. The number of amides is 3. The van der Waals surface area contributed by atoms with Gasteiger partial charge in [0, 0.05) is 12.1 Å². The smallest absolute Gasteiger partial charge is 0.321 e. The fraction of sp³-hybridized carbons (Fsp3) is 0.867. The third-order valence-electron chi connectivity index (χ3n) is 4.87. The average molecular weight is 279 g/mol. The molecule has 5 nitrogen and oxygen atoms in total. The molecule has 5 heteroatoms. The van der Waals surface area contributed by atoms with Gasteiger partial charge in [-0.3, -0.25) is 15.0 Å². The summed E-state index contributed by atoms with van der Waals surface area (Å²) in [6.45, 7) is 1.37. The Morgan fingerprint density at radius 3 is 2.55 bits per heavy atom. The van der Waals surface area contributed by atoms with Crippen LogP contribution in [0.3, 0.4) is 0 Å². The predicted octanol–water partition coefficient (Wildman–Crippen LogP) is 1.63. The van der Waals surface area contributed by atoms with Crippen LogP contribution in [-0.4, -0.2) is 42.0 Å². The lowest BCUT2D eigenvalue weighted by Crippen LogP contribution is -2.52. The second kappa shape index (κ2) is 6.12. The zero-order valence-electron chi connectivity index (χ0n) is 12.1. The number of likely N-dealkylation sites (tertiary alicyclic amines) is 1. The third kappa shape index (κ3) is 3.51. The van der Waals surface area contributed by atoms with Gasteiger partial charge in [0.2, 0.25) is 5.91 Å². The number of fused-ring (bicyclic) bond motifs is 1. The minimum atomic E-state index is -0.324. The predicted molar refractivity (Wildman–Crippen MR) is 76.2 cm³/mol. The van der Waals surface area contributed by atoms with E-state index in [4.69, 9.17) is 0 Å². The van der Waals surface area contributed by atoms with Crippen LogP contribution >= 0.6 is 0 Å². The van der Waals surface area contributed by atoms with Crippen LogP contribution in [0.2, 0.25) is 0 Å². The van der Waals surface area contributed by atoms with E-state index in [1.165, 1.54) is 38.5 Å². The number of imide groups is 1. The summed E-state index contributed by atoms with van der Waals surface area (Å²) in [5.41, 5.74) is 0. The molecule has 0 radical (unpaired) electrons. The molecule has 2 saturated carbocycles. The quantitative estimate of drug-likeness (QED) is 0.825. The lowest BCUT2D eigenvalue weighted by molar-refractivity contribution is -0.122. The Morgan fingerprint density at radius 2 is 1.75 bits per heavy atom. The lowest BCUT2D eigenvalue weighted by Gasteiger charge is -2.43. The van der Waals surface area contributed by atoms with Crippen LogP contribution in [0.15, 0.2) is 0 Å². The van der Waals surface area contributed by atoms with Crippen LogP contribution in [-0.2, 0) is 4.79 Å². The van der Waals surface area contributed by atoms with E-state index >= 15 is 0 Å². The van der Waals surface area contributed by atoms with E-state index in [0.29, 0.717) is 18.6 Å². The van der Waals surface area contributed by atoms with E-state index in [1.807, 2.05) is 0 Å². The third-order valence-corrected chi connectivity index (χ3v) is 4.87. The number of hydrogen-bond acceptors (Lipinski definition) is 3. The van der Waals surface area contributed by atoms with E-state index in [1.54, 1.807) is 0 Å². The van der Waals surface area contributed by atoms with Crippen molar-refractivity contribution in [3.63, 3.8) is 0 Å². The topological polar surface area (TPSA) is 61.4 Å². The van der Waals surface area contributed by atoms with E-state index in [-0.39, 0.29) is 11.9 Å². The van der Waals surface area contributed by atoms with Crippen LogP contribution in [0.5, 0.6) is 0 Å². The molecular formula is C15H25N3O2. The van der Waals surface area contributed by atoms with Crippen molar-refractivity contribution in [2.45, 2.75) is 63.5 Å². The maximum Gasteiger partial charge on any atom is 0.321 e. The number of urea groups is 1. The fourth-order valence-electron chi connectivity index (χ4n) is 3.72. The molecule has 1 saturated heterocycles. The van der Waals surface area contributed by atoms with Crippen molar-refractivity contribution in [3.05, 3.63) is 0 Å². The SMILES string of the molecule is O=C(CN1CCC[C@H]2CCCC[C@@H]21)NC(=O)NC1CC1. The van der Waals surface area contributed by atoms with Gasteiger partial charge in [0.1, 0.15) is 0 Å². The summed E-state index contributed by atoms with van der Waals surface area (Å²) in [7, 11) is 0. The molecule has 0 unspecified atom stereocenters. The summed E-state index contributed by atoms with van der Waals surface area (Å²) in [5, 5.41) is 5.25. The summed E-state index contributed by atoms with van der Waals surface area (Å²) >= 11 is 0. The van der Waals surface area contributed by atoms with Crippen molar-refractivity contribution >= 4 is 11.9 Å². The van der Waals surface area contributed by atoms with Crippen LogP contribution in [0, 0.1) is 5.92 Å². The number of piperidine rings is 1. The Kier molecular flexibility index (Phi) is 4.24. The maximum atomic E-state index is 12.0. The van der Waals surface area contributed by atoms with Crippen LogP contribution in [0.25, 0.3) is 0 Å². The van der Waals surface area contributed by atoms with Gasteiger partial charge in [-0.15, -0.1) is 0 Å². The molecule has 0 aromatic rings. The highest BCUT2D eigenvalue weighted by Crippen LogP contribution is 2.34. The van der Waals surface area contributed by atoms with Crippen LogP contribution in [0.4, 0.5) is 4.79 Å². The molecule has 2 atom stereocenters. The molecule has 1 aliphatic heterocycles. The summed E-state index contributed by atoms with van der Waals surface area (Å²) in [6.07, 6.45) is 9.71. The number of nitrogens with zero attached hydrogens (tertiary/aromatic N) is 1. The van der Waals surface area contributed by atoms with Gasteiger partial charge in [-0.1, -0.05) is 12.8 Å². The molecule has 1 heterocycles. The molecule has 112 valence electrons. The summed E-state index contributed by atoms with van der Waals surface area (Å²) in [5.74, 6) is 0.611. The van der Waals surface area contributed by atoms with Gasteiger partial charge in [-0.2, -0.15) is 0 Å². The maximum absolute atomic E-state index is 12.0. The Morgan fingerprint density at radius 1 is 1.00 bits per heavy atom. The van der Waals surface area contributed by atoms with Gasteiger partial charge in [-0.25, -0.2) is 4.79 Å². The summed E-state index contributed by atoms with van der Waals surface area (Å²) < 4.78 is 0. The van der Waals surface area contributed by atoms with Crippen molar-refractivity contribution in [1.29, 1.82) is 0 Å². The van der Waals surface area contributed by atoms with Crippen molar-refractivity contribution in [1.82, 2.24) is 15.5 Å². The Balaban J connectivity index is 1.47. The molecular weight excluding hydrogens is 254 g/mol. The number of hydrogen-bond donors (Lipinski definition) is 2. The van der Waals surface area contributed by atoms with E-state index in [0.717, 1.165) is 25.3 Å².